The number of ether oxygens (including phenoxy) is 2. The predicted molar refractivity (Wildman–Crippen MR) is 128 cm³/mol. The number of halogens is 1. The molecule has 6 nitrogen and oxygen atoms in total. The summed E-state index contributed by atoms with van der Waals surface area (Å²) >= 11 is 11.8. The number of benzene rings is 2. The Kier molecular flexibility index (Phi) is 6.77. The van der Waals surface area contributed by atoms with Crippen LogP contribution in [-0.2, 0) is 4.79 Å². The first-order valence-corrected chi connectivity index (χ1v) is 10.5. The van der Waals surface area contributed by atoms with Crippen molar-refractivity contribution in [3.05, 3.63) is 64.3 Å². The summed E-state index contributed by atoms with van der Waals surface area (Å²) in [4.78, 5) is 13.6. The molecule has 3 N–H and O–H groups in total. The van der Waals surface area contributed by atoms with Gasteiger partial charge in [-0.1, -0.05) is 44.5 Å². The zero-order chi connectivity index (χ0) is 22.8. The van der Waals surface area contributed by atoms with Crippen LogP contribution in [0, 0.1) is 5.41 Å². The molecule has 1 unspecified atom stereocenters. The third-order valence-corrected chi connectivity index (χ3v) is 5.49. The fourth-order valence-corrected chi connectivity index (χ4v) is 3.85. The fraction of sp³-hybridized carbons (Fsp3) is 0.304. The van der Waals surface area contributed by atoms with Crippen LogP contribution in [0.15, 0.2) is 53.7 Å². The van der Waals surface area contributed by atoms with E-state index in [1.165, 1.54) is 0 Å². The maximum absolute atomic E-state index is 13.6. The van der Waals surface area contributed by atoms with Crippen molar-refractivity contribution in [1.82, 2.24) is 10.6 Å². The van der Waals surface area contributed by atoms with Crippen molar-refractivity contribution in [3.8, 4) is 11.5 Å². The number of carbonyl (C=O) groups excluding carboxylic acids is 1. The lowest BCUT2D eigenvalue weighted by Crippen LogP contribution is -2.49. The molecule has 0 saturated carbocycles. The van der Waals surface area contributed by atoms with Gasteiger partial charge in [0, 0.05) is 16.7 Å². The van der Waals surface area contributed by atoms with E-state index in [2.05, 4.69) is 16.0 Å². The van der Waals surface area contributed by atoms with Crippen LogP contribution in [-0.4, -0.2) is 25.2 Å². The van der Waals surface area contributed by atoms with Crippen LogP contribution in [0.3, 0.4) is 0 Å². The molecule has 8 heteroatoms. The number of hydrogen-bond acceptors (Lipinski definition) is 4. The van der Waals surface area contributed by atoms with Crippen LogP contribution >= 0.6 is 23.8 Å². The number of para-hydroxylation sites is 1. The number of anilines is 1. The Morgan fingerprint density at radius 3 is 2.45 bits per heavy atom. The van der Waals surface area contributed by atoms with Crippen LogP contribution in [0.4, 0.5) is 5.69 Å². The topological polar surface area (TPSA) is 71.6 Å². The lowest BCUT2D eigenvalue weighted by molar-refractivity contribution is -0.113. The molecular weight excluding hydrogens is 434 g/mol. The molecule has 1 amide bonds. The Morgan fingerprint density at radius 2 is 1.84 bits per heavy atom. The van der Waals surface area contributed by atoms with Gasteiger partial charge in [-0.3, -0.25) is 4.79 Å². The molecule has 0 radical (unpaired) electrons. The third kappa shape index (κ3) is 4.94. The van der Waals surface area contributed by atoms with Gasteiger partial charge < -0.3 is 25.4 Å². The molecule has 0 aliphatic carbocycles. The molecular formula is C23H26ClN3O3S. The van der Waals surface area contributed by atoms with Crippen molar-refractivity contribution in [3.63, 3.8) is 0 Å². The van der Waals surface area contributed by atoms with Crippen molar-refractivity contribution in [2.45, 2.75) is 26.8 Å². The molecule has 0 fully saturated rings. The Balaban J connectivity index is 2.18. The number of allylic oxidation sites excluding steroid dienone is 1. The molecule has 0 bridgehead atoms. The summed E-state index contributed by atoms with van der Waals surface area (Å²) in [5.41, 5.74) is 2.09. The van der Waals surface area contributed by atoms with Crippen LogP contribution in [0.5, 0.6) is 11.5 Å². The Morgan fingerprint density at radius 1 is 1.13 bits per heavy atom. The quantitative estimate of drug-likeness (QED) is 0.557. The third-order valence-electron chi connectivity index (χ3n) is 4.94. The van der Waals surface area contributed by atoms with Crippen LogP contribution in [0.1, 0.15) is 32.4 Å². The van der Waals surface area contributed by atoms with Crippen molar-refractivity contribution in [2.24, 2.45) is 5.41 Å². The molecule has 1 atom stereocenters. The number of thiocarbonyl (C=S) groups is 1. The van der Waals surface area contributed by atoms with E-state index in [1.54, 1.807) is 38.5 Å². The first-order valence-electron chi connectivity index (χ1n) is 9.75. The number of carbonyl (C=O) groups is 1. The van der Waals surface area contributed by atoms with E-state index in [9.17, 15) is 4.79 Å². The smallest absolute Gasteiger partial charge is 0.255 e. The fourth-order valence-electron chi connectivity index (χ4n) is 3.45. The molecule has 2 aromatic carbocycles. The summed E-state index contributed by atoms with van der Waals surface area (Å²) in [5.74, 6) is 0.958. The monoisotopic (exact) mass is 459 g/mol. The number of amides is 1. The number of methoxy groups -OCH3 is 2. The van der Waals surface area contributed by atoms with Crippen molar-refractivity contribution >= 4 is 40.5 Å². The minimum atomic E-state index is -0.560. The van der Waals surface area contributed by atoms with Gasteiger partial charge >= 0.3 is 0 Å². The maximum Gasteiger partial charge on any atom is 0.255 e. The van der Waals surface area contributed by atoms with E-state index < -0.39 is 6.04 Å². The summed E-state index contributed by atoms with van der Waals surface area (Å²) in [6, 6.07) is 12.0. The highest BCUT2D eigenvalue weighted by molar-refractivity contribution is 7.80. The average Bonchev–Trinajstić information content (AvgIpc) is 2.73. The minimum absolute atomic E-state index is 0.296. The Labute approximate surface area is 193 Å². The lowest BCUT2D eigenvalue weighted by atomic mass is 9.83. The van der Waals surface area contributed by atoms with Gasteiger partial charge in [-0.25, -0.2) is 0 Å². The summed E-state index contributed by atoms with van der Waals surface area (Å²) in [6.07, 6.45) is 0. The number of hydrogen-bond donors (Lipinski definition) is 3. The van der Waals surface area contributed by atoms with E-state index in [4.69, 9.17) is 33.3 Å². The molecule has 3 rings (SSSR count). The molecule has 1 heterocycles. The Hall–Kier alpha value is -2.77. The molecule has 0 saturated heterocycles. The molecule has 1 aliphatic rings. The molecule has 2 aromatic rings. The van der Waals surface area contributed by atoms with Gasteiger partial charge in [0.2, 0.25) is 0 Å². The second kappa shape index (κ2) is 9.16. The van der Waals surface area contributed by atoms with Crippen LogP contribution in [0.25, 0.3) is 0 Å². The summed E-state index contributed by atoms with van der Waals surface area (Å²) < 4.78 is 11.0. The van der Waals surface area contributed by atoms with Crippen molar-refractivity contribution in [2.75, 3.05) is 19.5 Å². The van der Waals surface area contributed by atoms with Gasteiger partial charge in [0.05, 0.1) is 36.5 Å². The zero-order valence-electron chi connectivity index (χ0n) is 18.1. The van der Waals surface area contributed by atoms with Crippen molar-refractivity contribution < 1.29 is 14.3 Å². The second-order valence-electron chi connectivity index (χ2n) is 8.11. The molecule has 164 valence electrons. The lowest BCUT2D eigenvalue weighted by Gasteiger charge is -2.37. The van der Waals surface area contributed by atoms with E-state index >= 15 is 0 Å². The molecule has 0 spiro atoms. The summed E-state index contributed by atoms with van der Waals surface area (Å²) in [7, 11) is 3.18. The minimum Gasteiger partial charge on any atom is -0.497 e. The highest BCUT2D eigenvalue weighted by atomic mass is 35.5. The van der Waals surface area contributed by atoms with E-state index in [0.29, 0.717) is 32.9 Å². The number of rotatable bonds is 5. The highest BCUT2D eigenvalue weighted by Crippen LogP contribution is 2.40. The zero-order valence-corrected chi connectivity index (χ0v) is 19.7. The maximum atomic E-state index is 13.6. The standard InChI is InChI=1S/C23H26ClN3O3S/c1-23(2,3)20-18(21(28)25-16-9-7-6-8-15(16)24)19(26-22(31)27-20)14-12-13(29-4)10-11-17(14)30-5/h6-12,19H,1-5H3,(H,25,28)(H2,26,27,31). The second-order valence-corrected chi connectivity index (χ2v) is 8.93. The van der Waals surface area contributed by atoms with E-state index in [0.717, 1.165) is 11.3 Å². The SMILES string of the molecule is COc1ccc(OC)c(C2NC(=S)NC(C(C)(C)C)=C2C(=O)Nc2ccccc2Cl)c1. The predicted octanol–water partition coefficient (Wildman–Crippen LogP) is 4.81. The van der Waals surface area contributed by atoms with Gasteiger partial charge in [0.15, 0.2) is 5.11 Å². The number of nitrogens with one attached hydrogen (secondary N) is 3. The summed E-state index contributed by atoms with van der Waals surface area (Å²) in [6.45, 7) is 6.06. The van der Waals surface area contributed by atoms with E-state index in [1.807, 2.05) is 39.0 Å². The van der Waals surface area contributed by atoms with Crippen LogP contribution in [0.2, 0.25) is 5.02 Å². The Bertz CT molecular complexity index is 1050. The molecule has 31 heavy (non-hydrogen) atoms. The van der Waals surface area contributed by atoms with Crippen molar-refractivity contribution in [1.29, 1.82) is 0 Å². The first-order chi connectivity index (χ1) is 14.7. The average molecular weight is 460 g/mol. The highest BCUT2D eigenvalue weighted by Gasteiger charge is 2.37. The van der Waals surface area contributed by atoms with Gasteiger partial charge in [-0.2, -0.15) is 0 Å². The molecule has 0 aromatic heterocycles. The van der Waals surface area contributed by atoms with Crippen LogP contribution < -0.4 is 25.4 Å². The van der Waals surface area contributed by atoms with Gasteiger partial charge in [-0.15, -0.1) is 0 Å². The first kappa shape index (κ1) is 22.9. The largest absolute Gasteiger partial charge is 0.497 e. The van der Waals surface area contributed by atoms with Gasteiger partial charge in [-0.05, 0) is 42.5 Å². The van der Waals surface area contributed by atoms with E-state index in [-0.39, 0.29) is 11.3 Å². The normalized spacial score (nSPS) is 16.3. The summed E-state index contributed by atoms with van der Waals surface area (Å²) in [5, 5.41) is 10.2. The van der Waals surface area contributed by atoms with Gasteiger partial charge in [0.25, 0.3) is 5.91 Å². The van der Waals surface area contributed by atoms with Gasteiger partial charge in [0.1, 0.15) is 11.5 Å². The molecule has 1 aliphatic heterocycles.